The number of hydrogen-bond donors (Lipinski definition) is 1. The van der Waals surface area contributed by atoms with Crippen molar-refractivity contribution in [2.24, 2.45) is 0 Å². The minimum atomic E-state index is -4.05. The lowest BCUT2D eigenvalue weighted by Crippen LogP contribution is -2.37. The van der Waals surface area contributed by atoms with Gasteiger partial charge in [0, 0.05) is 19.9 Å². The van der Waals surface area contributed by atoms with Crippen molar-refractivity contribution in [3.05, 3.63) is 43.2 Å². The first-order chi connectivity index (χ1) is 23.1. The van der Waals surface area contributed by atoms with Crippen molar-refractivity contribution in [2.75, 3.05) is 38.4 Å². The van der Waals surface area contributed by atoms with Crippen LogP contribution in [-0.2, 0) is 43.1 Å². The van der Waals surface area contributed by atoms with E-state index in [0.29, 0.717) is 47.6 Å². The van der Waals surface area contributed by atoms with Gasteiger partial charge in [0.15, 0.2) is 47.4 Å². The molecule has 9 rings (SSSR count). The summed E-state index contributed by atoms with van der Waals surface area (Å²) in [5, 5.41) is 3.19. The van der Waals surface area contributed by atoms with Gasteiger partial charge in [-0.1, -0.05) is 12.2 Å². The van der Waals surface area contributed by atoms with Crippen LogP contribution in [0.25, 0.3) is 22.3 Å². The Morgan fingerprint density at radius 3 is 1.96 bits per heavy atom. The molecule has 1 N–H and O–H groups in total. The number of nitrogens with zero attached hydrogens (tertiary/aromatic N) is 8. The second-order valence-electron chi connectivity index (χ2n) is 11.9. The molecule has 0 aliphatic carbocycles. The number of allylic oxidation sites excluding steroid dienone is 1. The van der Waals surface area contributed by atoms with Gasteiger partial charge < -0.3 is 23.8 Å². The average molecular weight is 710 g/mol. The van der Waals surface area contributed by atoms with Crippen LogP contribution in [0.2, 0.25) is 0 Å². The van der Waals surface area contributed by atoms with E-state index in [9.17, 15) is 9.13 Å². The molecule has 17 nitrogen and oxygen atoms in total. The zero-order chi connectivity index (χ0) is 33.2. The molecule has 14 bridgehead atoms. The fraction of sp³-hybridized carbons (Fsp3) is 0.556. The Morgan fingerprint density at radius 2 is 1.33 bits per heavy atom. The van der Waals surface area contributed by atoms with Crippen LogP contribution in [0.3, 0.4) is 0 Å². The number of fused-ring (bicyclic) bond motifs is 10. The predicted octanol–water partition coefficient (Wildman–Crippen LogP) is 3.51. The second kappa shape index (κ2) is 12.2. The third-order valence-corrected chi connectivity index (χ3v) is 11.0. The molecule has 48 heavy (non-hydrogen) atoms. The number of alkyl halides is 2. The highest BCUT2D eigenvalue weighted by molar-refractivity contribution is 7.53. The smallest absolute Gasteiger partial charge is 0.328 e. The minimum absolute atomic E-state index is 0.262. The number of imidazole rings is 2. The monoisotopic (exact) mass is 709 g/mol. The van der Waals surface area contributed by atoms with Crippen molar-refractivity contribution < 1.29 is 45.5 Å². The number of rotatable bonds is 0. The molecule has 4 aromatic rings. The van der Waals surface area contributed by atoms with Gasteiger partial charge in [0.05, 0.1) is 31.6 Å². The van der Waals surface area contributed by atoms with Crippen LogP contribution >= 0.6 is 15.2 Å². The zero-order valence-corrected chi connectivity index (χ0v) is 27.4. The topological polar surface area (TPSA) is 189 Å². The SMILES string of the molecule is CP1(=O)OC[C@H]2O[C@@H]3[C@H](F)[C@@H]2OP(C)(=O)OC[C@H]2O[C@H]([C@H](F)[C@@H]2O1)n1cnc2c(ncnc21)CCC=CCNc1ncnc2c1ncn23. The van der Waals surface area contributed by atoms with Gasteiger partial charge in [-0.2, -0.15) is 0 Å². The molecule has 0 amide bonds. The summed E-state index contributed by atoms with van der Waals surface area (Å²) in [6.07, 6.45) is -1.56. The van der Waals surface area contributed by atoms with Crippen molar-refractivity contribution in [1.82, 2.24) is 39.0 Å². The second-order valence-corrected chi connectivity index (χ2v) is 15.9. The third kappa shape index (κ3) is 5.75. The highest BCUT2D eigenvalue weighted by Gasteiger charge is 2.54. The van der Waals surface area contributed by atoms with Crippen LogP contribution < -0.4 is 5.32 Å². The molecule has 10 atom stereocenters. The number of aryl methyl sites for hydroxylation is 1. The van der Waals surface area contributed by atoms with Gasteiger partial charge in [0.25, 0.3) is 0 Å². The molecule has 0 aromatic carbocycles. The minimum Gasteiger partial charge on any atom is -0.365 e. The molecule has 9 heterocycles. The molecule has 0 radical (unpaired) electrons. The van der Waals surface area contributed by atoms with E-state index in [-0.39, 0.29) is 5.65 Å². The van der Waals surface area contributed by atoms with E-state index in [2.05, 4.69) is 35.2 Å². The Bertz CT molecular complexity index is 1840. The van der Waals surface area contributed by atoms with Crippen molar-refractivity contribution in [3.63, 3.8) is 0 Å². The maximum absolute atomic E-state index is 16.3. The van der Waals surface area contributed by atoms with Crippen molar-refractivity contribution in [1.29, 1.82) is 0 Å². The molecule has 3 fully saturated rings. The highest BCUT2D eigenvalue weighted by Crippen LogP contribution is 2.54. The number of anilines is 1. The summed E-state index contributed by atoms with van der Waals surface area (Å²) in [5.41, 5.74) is 2.04. The van der Waals surface area contributed by atoms with Gasteiger partial charge >= 0.3 is 15.2 Å². The summed E-state index contributed by atoms with van der Waals surface area (Å²) in [4.78, 5) is 26.1. The number of nitrogens with one attached hydrogen (secondary N) is 1. The molecule has 3 saturated heterocycles. The van der Waals surface area contributed by atoms with Gasteiger partial charge in [-0.05, 0) is 12.8 Å². The fourth-order valence-electron chi connectivity index (χ4n) is 6.29. The number of aromatic nitrogens is 8. The maximum Gasteiger partial charge on any atom is 0.328 e. The third-order valence-electron chi connectivity index (χ3n) is 8.55. The van der Waals surface area contributed by atoms with E-state index in [0.717, 1.165) is 13.3 Å². The molecular formula is C27H31F2N9O8P2. The van der Waals surface area contributed by atoms with E-state index in [1.54, 1.807) is 0 Å². The van der Waals surface area contributed by atoms with Crippen LogP contribution in [0.5, 0.6) is 0 Å². The van der Waals surface area contributed by atoms with Crippen molar-refractivity contribution >= 4 is 43.3 Å². The lowest BCUT2D eigenvalue weighted by Gasteiger charge is -2.29. The lowest BCUT2D eigenvalue weighted by molar-refractivity contribution is -0.0565. The van der Waals surface area contributed by atoms with E-state index in [1.165, 1.54) is 34.4 Å². The Balaban J connectivity index is 1.21. The summed E-state index contributed by atoms with van der Waals surface area (Å²) in [6.45, 7) is 1.70. The standard InChI is InChI=1S/C27H31F2N9O8P2/c1-47(39)42-9-16-22-18(29)27(44-16)38-13-36-20-23(32-11-34-25(20)38)30-7-5-3-4-6-14-19-24(33-10-31-14)37(12-35-19)26-17(28)21(45-47)15(43-26)8-41-48(2,40)46-22/h3,5,10-13,15-18,21-22,26-27H,4,6-9H2,1-2H3,(H,30,32,34)/t15-,16-,17-,18-,21-,22-,26-,27-,47?,48?/m1/s1. The van der Waals surface area contributed by atoms with Crippen molar-refractivity contribution in [2.45, 2.75) is 62.1 Å². The van der Waals surface area contributed by atoms with Crippen LogP contribution in [0.4, 0.5) is 14.6 Å². The van der Waals surface area contributed by atoms with E-state index >= 15 is 8.78 Å². The van der Waals surface area contributed by atoms with Gasteiger partial charge in [0.1, 0.15) is 42.6 Å². The first kappa shape index (κ1) is 32.0. The number of ether oxygens (including phenoxy) is 2. The van der Waals surface area contributed by atoms with Gasteiger partial charge in [-0.15, -0.1) is 0 Å². The number of hydrogen-bond acceptors (Lipinski definition) is 15. The number of halogens is 2. The van der Waals surface area contributed by atoms with E-state index < -0.39 is 77.6 Å². The first-order valence-electron chi connectivity index (χ1n) is 15.2. The summed E-state index contributed by atoms with van der Waals surface area (Å²) < 4.78 is 97.5. The van der Waals surface area contributed by atoms with Crippen LogP contribution in [-0.4, -0.2) is 109 Å². The molecule has 2 unspecified atom stereocenters. The summed E-state index contributed by atoms with van der Waals surface area (Å²) >= 11 is 0. The fourth-order valence-corrected chi connectivity index (χ4v) is 8.64. The molecule has 0 spiro atoms. The normalized spacial score (nSPS) is 37.5. The predicted molar refractivity (Wildman–Crippen MR) is 163 cm³/mol. The van der Waals surface area contributed by atoms with E-state index in [4.69, 9.17) is 27.6 Å². The average Bonchev–Trinajstić information content (AvgIpc) is 3.81. The summed E-state index contributed by atoms with van der Waals surface area (Å²) in [7, 11) is -8.10. The Hall–Kier alpha value is -3.28. The quantitative estimate of drug-likeness (QED) is 0.206. The van der Waals surface area contributed by atoms with Gasteiger partial charge in [-0.25, -0.2) is 38.7 Å². The zero-order valence-electron chi connectivity index (χ0n) is 25.6. The molecule has 21 heteroatoms. The van der Waals surface area contributed by atoms with Gasteiger partial charge in [0.2, 0.25) is 0 Å². The molecule has 0 saturated carbocycles. The van der Waals surface area contributed by atoms with E-state index in [1.807, 2.05) is 12.2 Å². The molecule has 5 aliphatic rings. The summed E-state index contributed by atoms with van der Waals surface area (Å²) in [5.74, 6) is 0.414. The van der Waals surface area contributed by atoms with Crippen molar-refractivity contribution in [3.8, 4) is 0 Å². The largest absolute Gasteiger partial charge is 0.365 e. The Labute approximate surface area is 271 Å². The highest BCUT2D eigenvalue weighted by atomic mass is 31.2. The maximum atomic E-state index is 16.3. The molecule has 5 aliphatic heterocycles. The summed E-state index contributed by atoms with van der Waals surface area (Å²) in [6, 6.07) is 0. The van der Waals surface area contributed by atoms with Crippen LogP contribution in [0, 0.1) is 0 Å². The lowest BCUT2D eigenvalue weighted by atomic mass is 10.1. The van der Waals surface area contributed by atoms with Crippen LogP contribution in [0.15, 0.2) is 37.5 Å². The molecule has 256 valence electrons. The van der Waals surface area contributed by atoms with Gasteiger partial charge in [-0.3, -0.25) is 27.3 Å². The Morgan fingerprint density at radius 1 is 0.771 bits per heavy atom. The first-order valence-corrected chi connectivity index (χ1v) is 19.2. The molecular weight excluding hydrogens is 678 g/mol. The molecule has 4 aromatic heterocycles. The Kier molecular flexibility index (Phi) is 8.15. The van der Waals surface area contributed by atoms with Crippen LogP contribution in [0.1, 0.15) is 24.6 Å².